The second-order valence-electron chi connectivity index (χ2n) is 6.05. The molecule has 0 bridgehead atoms. The molecule has 126 valence electrons. The van der Waals surface area contributed by atoms with E-state index < -0.39 is 0 Å². The Kier molecular flexibility index (Phi) is 6.10. The van der Waals surface area contributed by atoms with Gasteiger partial charge in [0.25, 0.3) is 0 Å². The minimum absolute atomic E-state index is 0.634. The highest BCUT2D eigenvalue weighted by molar-refractivity contribution is 9.10. The lowest BCUT2D eigenvalue weighted by molar-refractivity contribution is 0.298. The number of hydrogen-bond acceptors (Lipinski definition) is 2. The molecule has 1 heterocycles. The van der Waals surface area contributed by atoms with Gasteiger partial charge in [0.2, 0.25) is 0 Å². The molecule has 5 heteroatoms. The monoisotopic (exact) mass is 404 g/mol. The maximum Gasteiger partial charge on any atom is 0.173 e. The van der Waals surface area contributed by atoms with Crippen LogP contribution in [0.15, 0.2) is 63.7 Å². The molecule has 0 spiro atoms. The van der Waals surface area contributed by atoms with Crippen molar-refractivity contribution in [2.24, 2.45) is 5.92 Å². The Morgan fingerprint density at radius 2 is 2.08 bits per heavy atom. The molecular formula is C19H21BrN2OS. The van der Waals surface area contributed by atoms with Crippen LogP contribution in [0, 0.1) is 5.92 Å². The molecule has 0 amide bonds. The van der Waals surface area contributed by atoms with E-state index in [1.807, 2.05) is 36.4 Å². The summed E-state index contributed by atoms with van der Waals surface area (Å²) in [5.41, 5.74) is 0.996. The van der Waals surface area contributed by atoms with Crippen molar-refractivity contribution >= 4 is 38.9 Å². The first-order chi connectivity index (χ1) is 11.7. The Morgan fingerprint density at radius 1 is 1.25 bits per heavy atom. The third kappa shape index (κ3) is 4.95. The Labute approximate surface area is 156 Å². The quantitative estimate of drug-likeness (QED) is 0.518. The van der Waals surface area contributed by atoms with Gasteiger partial charge in [0, 0.05) is 16.7 Å². The number of benzene rings is 1. The van der Waals surface area contributed by atoms with E-state index in [4.69, 9.17) is 16.6 Å². The van der Waals surface area contributed by atoms with Crippen LogP contribution in [0.4, 0.5) is 5.69 Å². The maximum atomic E-state index is 5.68. The SMILES string of the molecule is S=C(Nc1ccc(Br)cc1)N(Cc1ccco1)CC1CC=CCC1. The number of furan rings is 1. The van der Waals surface area contributed by atoms with Crippen LogP contribution in [-0.2, 0) is 6.54 Å². The average Bonchev–Trinajstić information content (AvgIpc) is 3.10. The van der Waals surface area contributed by atoms with Gasteiger partial charge >= 0.3 is 0 Å². The zero-order valence-corrected chi connectivity index (χ0v) is 15.9. The third-order valence-corrected chi connectivity index (χ3v) is 5.05. The summed E-state index contributed by atoms with van der Waals surface area (Å²) in [4.78, 5) is 2.21. The molecule has 3 nitrogen and oxygen atoms in total. The molecule has 0 saturated heterocycles. The van der Waals surface area contributed by atoms with Crippen molar-refractivity contribution in [3.05, 3.63) is 65.0 Å². The van der Waals surface area contributed by atoms with Crippen molar-refractivity contribution in [2.45, 2.75) is 25.8 Å². The van der Waals surface area contributed by atoms with E-state index in [0.717, 1.165) is 40.4 Å². The topological polar surface area (TPSA) is 28.4 Å². The Bertz CT molecular complexity index is 682. The molecular weight excluding hydrogens is 384 g/mol. The minimum Gasteiger partial charge on any atom is -0.467 e. The van der Waals surface area contributed by atoms with Gasteiger partial charge in [-0.2, -0.15) is 0 Å². The molecule has 24 heavy (non-hydrogen) atoms. The molecule has 0 radical (unpaired) electrons. The van der Waals surface area contributed by atoms with Gasteiger partial charge in [-0.3, -0.25) is 0 Å². The fourth-order valence-electron chi connectivity index (χ4n) is 2.88. The highest BCUT2D eigenvalue weighted by Gasteiger charge is 2.18. The summed E-state index contributed by atoms with van der Waals surface area (Å²) in [6.45, 7) is 1.63. The molecule has 1 aliphatic rings. The molecule has 3 rings (SSSR count). The first-order valence-electron chi connectivity index (χ1n) is 8.19. The first-order valence-corrected chi connectivity index (χ1v) is 9.40. The van der Waals surface area contributed by atoms with Crippen molar-refractivity contribution in [1.82, 2.24) is 4.90 Å². The van der Waals surface area contributed by atoms with Gasteiger partial charge in [-0.05, 0) is 73.8 Å². The van der Waals surface area contributed by atoms with Crippen LogP contribution in [0.1, 0.15) is 25.0 Å². The van der Waals surface area contributed by atoms with Crippen LogP contribution in [0.2, 0.25) is 0 Å². The number of hydrogen-bond donors (Lipinski definition) is 1. The largest absolute Gasteiger partial charge is 0.467 e. The fraction of sp³-hybridized carbons (Fsp3) is 0.316. The zero-order valence-electron chi connectivity index (χ0n) is 13.5. The third-order valence-electron chi connectivity index (χ3n) is 4.17. The van der Waals surface area contributed by atoms with E-state index in [9.17, 15) is 0 Å². The van der Waals surface area contributed by atoms with Gasteiger partial charge < -0.3 is 14.6 Å². The number of anilines is 1. The second kappa shape index (κ2) is 8.49. The van der Waals surface area contributed by atoms with E-state index in [0.29, 0.717) is 12.5 Å². The van der Waals surface area contributed by atoms with Crippen molar-refractivity contribution in [3.63, 3.8) is 0 Å². The zero-order chi connectivity index (χ0) is 16.8. The van der Waals surface area contributed by atoms with E-state index in [1.54, 1.807) is 6.26 Å². The van der Waals surface area contributed by atoms with Crippen LogP contribution in [0.25, 0.3) is 0 Å². The minimum atomic E-state index is 0.634. The second-order valence-corrected chi connectivity index (χ2v) is 7.35. The highest BCUT2D eigenvalue weighted by Crippen LogP contribution is 2.22. The number of rotatable bonds is 5. The van der Waals surface area contributed by atoms with E-state index in [2.05, 4.69) is 38.3 Å². The molecule has 0 aliphatic heterocycles. The Balaban J connectivity index is 1.68. The summed E-state index contributed by atoms with van der Waals surface area (Å²) in [6.07, 6.45) is 9.76. The smallest absolute Gasteiger partial charge is 0.173 e. The lowest BCUT2D eigenvalue weighted by atomic mass is 9.94. The summed E-state index contributed by atoms with van der Waals surface area (Å²) in [6, 6.07) is 12.0. The molecule has 1 N–H and O–H groups in total. The fourth-order valence-corrected chi connectivity index (χ4v) is 3.40. The van der Waals surface area contributed by atoms with Crippen LogP contribution < -0.4 is 5.32 Å². The average molecular weight is 405 g/mol. The van der Waals surface area contributed by atoms with Crippen molar-refractivity contribution < 1.29 is 4.42 Å². The summed E-state index contributed by atoms with van der Waals surface area (Å²) < 4.78 is 6.58. The lowest BCUT2D eigenvalue weighted by Crippen LogP contribution is -2.38. The number of thiocarbonyl (C=S) groups is 1. The molecule has 0 saturated carbocycles. The highest BCUT2D eigenvalue weighted by atomic mass is 79.9. The van der Waals surface area contributed by atoms with E-state index >= 15 is 0 Å². The number of allylic oxidation sites excluding steroid dienone is 2. The molecule has 0 fully saturated rings. The van der Waals surface area contributed by atoms with Crippen LogP contribution in [0.3, 0.4) is 0 Å². The van der Waals surface area contributed by atoms with Crippen molar-refractivity contribution in [2.75, 3.05) is 11.9 Å². The van der Waals surface area contributed by atoms with Gasteiger partial charge in [-0.15, -0.1) is 0 Å². The summed E-state index contributed by atoms with van der Waals surface area (Å²) in [7, 11) is 0. The summed E-state index contributed by atoms with van der Waals surface area (Å²) in [5.74, 6) is 1.57. The first kappa shape index (κ1) is 17.2. The van der Waals surface area contributed by atoms with Gasteiger partial charge in [0.1, 0.15) is 5.76 Å². The lowest BCUT2D eigenvalue weighted by Gasteiger charge is -2.30. The molecule has 1 aromatic heterocycles. The number of nitrogens with one attached hydrogen (secondary N) is 1. The molecule has 1 atom stereocenters. The molecule has 1 aliphatic carbocycles. The van der Waals surface area contributed by atoms with Crippen molar-refractivity contribution in [3.8, 4) is 0 Å². The molecule has 1 aromatic carbocycles. The van der Waals surface area contributed by atoms with Gasteiger partial charge in [0.15, 0.2) is 5.11 Å². The summed E-state index contributed by atoms with van der Waals surface area (Å²) in [5, 5.41) is 4.09. The van der Waals surface area contributed by atoms with Gasteiger partial charge in [0.05, 0.1) is 12.8 Å². The summed E-state index contributed by atoms with van der Waals surface area (Å²) >= 11 is 9.13. The van der Waals surface area contributed by atoms with E-state index in [1.165, 1.54) is 6.42 Å². The van der Waals surface area contributed by atoms with Gasteiger partial charge in [-0.25, -0.2) is 0 Å². The van der Waals surface area contributed by atoms with Crippen LogP contribution >= 0.6 is 28.1 Å². The predicted molar refractivity (Wildman–Crippen MR) is 106 cm³/mol. The van der Waals surface area contributed by atoms with Crippen LogP contribution in [0.5, 0.6) is 0 Å². The van der Waals surface area contributed by atoms with Crippen molar-refractivity contribution in [1.29, 1.82) is 0 Å². The Morgan fingerprint density at radius 3 is 2.75 bits per heavy atom. The molecule has 2 aromatic rings. The maximum absolute atomic E-state index is 5.68. The van der Waals surface area contributed by atoms with Crippen LogP contribution in [-0.4, -0.2) is 16.6 Å². The normalized spacial score (nSPS) is 16.8. The Hall–Kier alpha value is -1.59. The van der Waals surface area contributed by atoms with Gasteiger partial charge in [-0.1, -0.05) is 28.1 Å². The number of halogens is 1. The number of nitrogens with zero attached hydrogens (tertiary/aromatic N) is 1. The predicted octanol–water partition coefficient (Wildman–Crippen LogP) is 5.60. The standard InChI is InChI=1S/C19H21BrN2OS/c20-16-8-10-17(11-9-16)21-19(24)22(14-18-7-4-12-23-18)13-15-5-2-1-3-6-15/h1-2,4,7-12,15H,3,5-6,13-14H2,(H,21,24). The molecule has 1 unspecified atom stereocenters. The van der Waals surface area contributed by atoms with E-state index in [-0.39, 0.29) is 0 Å².